The Balaban J connectivity index is 2.57. The fraction of sp³-hybridized carbons (Fsp3) is 0.421. The topological polar surface area (TPSA) is 75.7 Å². The molecular formula is C19H26N2O4. The highest BCUT2D eigenvalue weighted by molar-refractivity contribution is 5.97. The van der Waals surface area contributed by atoms with Crippen LogP contribution in [0.4, 0.5) is 0 Å². The summed E-state index contributed by atoms with van der Waals surface area (Å²) in [5, 5.41) is 2.59. The summed E-state index contributed by atoms with van der Waals surface area (Å²) in [7, 11) is 4.77. The molecule has 0 spiro atoms. The molecule has 0 fully saturated rings. The molecule has 0 heterocycles. The molecular weight excluding hydrogens is 320 g/mol. The molecule has 0 aliphatic heterocycles. The van der Waals surface area contributed by atoms with Gasteiger partial charge in [0.15, 0.2) is 0 Å². The van der Waals surface area contributed by atoms with E-state index in [1.165, 1.54) is 7.11 Å². The van der Waals surface area contributed by atoms with Crippen LogP contribution in [0.15, 0.2) is 30.3 Å². The van der Waals surface area contributed by atoms with Gasteiger partial charge in [-0.1, -0.05) is 24.3 Å². The fourth-order valence-electron chi connectivity index (χ4n) is 2.11. The molecule has 1 rings (SSSR count). The largest absolute Gasteiger partial charge is 0.467 e. The number of unbranched alkanes of at least 4 members (excludes halogenated alkanes) is 1. The maximum atomic E-state index is 12.2. The first-order valence-electron chi connectivity index (χ1n) is 8.20. The maximum absolute atomic E-state index is 12.2. The van der Waals surface area contributed by atoms with Crippen LogP contribution in [-0.4, -0.2) is 49.9 Å². The van der Waals surface area contributed by atoms with E-state index in [1.54, 1.807) is 44.1 Å². The highest BCUT2D eigenvalue weighted by atomic mass is 16.5. The van der Waals surface area contributed by atoms with E-state index in [4.69, 9.17) is 0 Å². The number of carbonyl (C=O) groups excluding carboxylic acids is 3. The summed E-state index contributed by atoms with van der Waals surface area (Å²) in [5.74, 6) is -0.701. The van der Waals surface area contributed by atoms with Crippen LogP contribution in [0.25, 0.3) is 6.08 Å². The first-order chi connectivity index (χ1) is 11.8. The molecule has 2 amide bonds. The summed E-state index contributed by atoms with van der Waals surface area (Å²) in [5.41, 5.74) is 1.36. The van der Waals surface area contributed by atoms with Crippen molar-refractivity contribution in [3.63, 3.8) is 0 Å². The highest BCUT2D eigenvalue weighted by Crippen LogP contribution is 2.09. The summed E-state index contributed by atoms with van der Waals surface area (Å²) in [6.07, 6.45) is 5.99. The van der Waals surface area contributed by atoms with E-state index in [-0.39, 0.29) is 11.8 Å². The Morgan fingerprint density at radius 3 is 2.64 bits per heavy atom. The van der Waals surface area contributed by atoms with Crippen LogP contribution in [0.5, 0.6) is 0 Å². The van der Waals surface area contributed by atoms with E-state index in [0.29, 0.717) is 12.0 Å². The third-order valence-corrected chi connectivity index (χ3v) is 3.62. The van der Waals surface area contributed by atoms with E-state index in [1.807, 2.05) is 18.2 Å². The standard InChI is InChI=1S/C19H26N2O4/c1-14(19(24)25-4)20-18(23)16-11-8-10-15(13-16)9-6-5-7-12-17(22)21(2)3/h6,8-11,13-14H,5,7,12H2,1-4H3,(H,20,23). The van der Waals surface area contributed by atoms with Crippen LogP contribution in [0, 0.1) is 0 Å². The Hall–Kier alpha value is -2.63. The van der Waals surface area contributed by atoms with Crippen molar-refractivity contribution in [2.24, 2.45) is 0 Å². The number of carbonyl (C=O) groups is 3. The lowest BCUT2D eigenvalue weighted by atomic mass is 10.1. The molecule has 1 aromatic carbocycles. The van der Waals surface area contributed by atoms with E-state index in [9.17, 15) is 14.4 Å². The highest BCUT2D eigenvalue weighted by Gasteiger charge is 2.16. The average molecular weight is 346 g/mol. The Morgan fingerprint density at radius 1 is 1.28 bits per heavy atom. The SMILES string of the molecule is COC(=O)C(C)NC(=O)c1cccc(C=CCCCC(=O)N(C)C)c1. The molecule has 0 aliphatic rings. The predicted molar refractivity (Wildman–Crippen MR) is 97.0 cm³/mol. The predicted octanol–water partition coefficient (Wildman–Crippen LogP) is 2.25. The Kier molecular flexibility index (Phi) is 8.39. The molecule has 6 nitrogen and oxygen atoms in total. The number of allylic oxidation sites excluding steroid dienone is 1. The van der Waals surface area contributed by atoms with Gasteiger partial charge in [-0.25, -0.2) is 4.79 Å². The number of ether oxygens (including phenoxy) is 1. The summed E-state index contributed by atoms with van der Waals surface area (Å²) < 4.78 is 4.59. The van der Waals surface area contributed by atoms with Crippen molar-refractivity contribution < 1.29 is 19.1 Å². The number of methoxy groups -OCH3 is 1. The maximum Gasteiger partial charge on any atom is 0.328 e. The molecule has 0 aromatic heterocycles. The van der Waals surface area contributed by atoms with Gasteiger partial charge in [0.1, 0.15) is 6.04 Å². The van der Waals surface area contributed by atoms with Crippen LogP contribution >= 0.6 is 0 Å². The van der Waals surface area contributed by atoms with Crippen LogP contribution < -0.4 is 5.32 Å². The van der Waals surface area contributed by atoms with Crippen molar-refractivity contribution in [2.75, 3.05) is 21.2 Å². The van der Waals surface area contributed by atoms with Gasteiger partial charge in [0, 0.05) is 26.1 Å². The second-order valence-corrected chi connectivity index (χ2v) is 5.93. The lowest BCUT2D eigenvalue weighted by Gasteiger charge is -2.11. The molecule has 1 N–H and O–H groups in total. The molecule has 0 bridgehead atoms. The molecule has 0 saturated heterocycles. The van der Waals surface area contributed by atoms with Gasteiger partial charge >= 0.3 is 5.97 Å². The molecule has 1 aromatic rings. The van der Waals surface area contributed by atoms with Crippen molar-refractivity contribution >= 4 is 23.9 Å². The number of rotatable bonds is 8. The van der Waals surface area contributed by atoms with Crippen molar-refractivity contribution in [1.82, 2.24) is 10.2 Å². The van der Waals surface area contributed by atoms with Gasteiger partial charge < -0.3 is 15.0 Å². The van der Waals surface area contributed by atoms with Gasteiger partial charge in [-0.05, 0) is 37.5 Å². The number of esters is 1. The molecule has 1 unspecified atom stereocenters. The van der Waals surface area contributed by atoms with Crippen molar-refractivity contribution in [1.29, 1.82) is 0 Å². The minimum absolute atomic E-state index is 0.117. The summed E-state index contributed by atoms with van der Waals surface area (Å²) in [4.78, 5) is 36.6. The van der Waals surface area contributed by atoms with E-state index in [0.717, 1.165) is 18.4 Å². The van der Waals surface area contributed by atoms with Crippen LogP contribution in [-0.2, 0) is 14.3 Å². The molecule has 25 heavy (non-hydrogen) atoms. The number of benzene rings is 1. The monoisotopic (exact) mass is 346 g/mol. The normalized spacial score (nSPS) is 11.8. The van der Waals surface area contributed by atoms with Gasteiger partial charge in [-0.3, -0.25) is 9.59 Å². The van der Waals surface area contributed by atoms with E-state index in [2.05, 4.69) is 10.1 Å². The second-order valence-electron chi connectivity index (χ2n) is 5.93. The Morgan fingerprint density at radius 2 is 2.00 bits per heavy atom. The van der Waals surface area contributed by atoms with Crippen LogP contribution in [0.3, 0.4) is 0 Å². The first-order valence-corrected chi connectivity index (χ1v) is 8.20. The van der Waals surface area contributed by atoms with Crippen molar-refractivity contribution in [3.05, 3.63) is 41.5 Å². The summed E-state index contributed by atoms with van der Waals surface area (Å²) >= 11 is 0. The third kappa shape index (κ3) is 7.20. The van der Waals surface area contributed by atoms with Gasteiger partial charge in [-0.15, -0.1) is 0 Å². The van der Waals surface area contributed by atoms with Crippen LogP contribution in [0.1, 0.15) is 42.1 Å². The number of amides is 2. The quantitative estimate of drug-likeness (QED) is 0.579. The zero-order valence-corrected chi connectivity index (χ0v) is 15.2. The smallest absolute Gasteiger partial charge is 0.328 e. The molecule has 0 radical (unpaired) electrons. The van der Waals surface area contributed by atoms with Crippen molar-refractivity contribution in [2.45, 2.75) is 32.2 Å². The lowest BCUT2D eigenvalue weighted by molar-refractivity contribution is -0.142. The molecule has 1 atom stereocenters. The van der Waals surface area contributed by atoms with E-state index >= 15 is 0 Å². The van der Waals surface area contributed by atoms with Gasteiger partial charge in [-0.2, -0.15) is 0 Å². The zero-order valence-electron chi connectivity index (χ0n) is 15.2. The second kappa shape index (κ2) is 10.3. The van der Waals surface area contributed by atoms with Crippen molar-refractivity contribution in [3.8, 4) is 0 Å². The van der Waals surface area contributed by atoms with Crippen LogP contribution in [0.2, 0.25) is 0 Å². The minimum Gasteiger partial charge on any atom is -0.467 e. The minimum atomic E-state index is -0.703. The average Bonchev–Trinajstić information content (AvgIpc) is 2.60. The third-order valence-electron chi connectivity index (χ3n) is 3.62. The van der Waals surface area contributed by atoms with Gasteiger partial charge in [0.25, 0.3) is 5.91 Å². The summed E-state index contributed by atoms with van der Waals surface area (Å²) in [6, 6.07) is 6.41. The zero-order chi connectivity index (χ0) is 18.8. The summed E-state index contributed by atoms with van der Waals surface area (Å²) in [6.45, 7) is 1.57. The number of nitrogens with zero attached hydrogens (tertiary/aromatic N) is 1. The van der Waals surface area contributed by atoms with Gasteiger partial charge in [0.05, 0.1) is 7.11 Å². The molecule has 0 saturated carbocycles. The first kappa shape index (κ1) is 20.4. The Bertz CT molecular complexity index is 638. The number of hydrogen-bond donors (Lipinski definition) is 1. The Labute approximate surface area is 148 Å². The lowest BCUT2D eigenvalue weighted by Crippen LogP contribution is -2.39. The van der Waals surface area contributed by atoms with Gasteiger partial charge in [0.2, 0.25) is 5.91 Å². The van der Waals surface area contributed by atoms with E-state index < -0.39 is 12.0 Å². The number of nitrogens with one attached hydrogen (secondary N) is 1. The fourth-order valence-corrected chi connectivity index (χ4v) is 2.11. The number of hydrogen-bond acceptors (Lipinski definition) is 4. The molecule has 6 heteroatoms. The molecule has 136 valence electrons. The molecule has 0 aliphatic carbocycles.